The highest BCUT2D eigenvalue weighted by Gasteiger charge is 2.13. The average molecular weight is 257 g/mol. The first-order chi connectivity index (χ1) is 8.90. The number of benzene rings is 1. The molecule has 2 N–H and O–H groups in total. The maximum Gasteiger partial charge on any atom is 0.113 e. The molecule has 3 nitrogen and oxygen atoms in total. The average Bonchev–Trinajstić information content (AvgIpc) is 2.70. The Morgan fingerprint density at radius 3 is 2.26 bits per heavy atom. The van der Waals surface area contributed by atoms with Crippen LogP contribution in [0.1, 0.15) is 43.4 Å². The third kappa shape index (κ3) is 3.24. The number of nitrogens with zero attached hydrogens (tertiary/aromatic N) is 2. The third-order valence-electron chi connectivity index (χ3n) is 3.41. The minimum absolute atomic E-state index is 0.203. The Hall–Kier alpha value is -1.61. The monoisotopic (exact) mass is 257 g/mol. The van der Waals surface area contributed by atoms with E-state index in [4.69, 9.17) is 5.73 Å². The Bertz CT molecular complexity index is 544. The SMILES string of the molecule is Cn1cc(CN)nc1Cc1ccc(C(C)(C)C)cc1. The molecule has 0 radical (unpaired) electrons. The largest absolute Gasteiger partial charge is 0.337 e. The summed E-state index contributed by atoms with van der Waals surface area (Å²) in [6, 6.07) is 8.80. The van der Waals surface area contributed by atoms with Crippen LogP contribution in [0.5, 0.6) is 0 Å². The topological polar surface area (TPSA) is 43.8 Å². The molecule has 2 rings (SSSR count). The van der Waals surface area contributed by atoms with Gasteiger partial charge >= 0.3 is 0 Å². The highest BCUT2D eigenvalue weighted by atomic mass is 15.0. The minimum Gasteiger partial charge on any atom is -0.337 e. The molecule has 0 unspecified atom stereocenters. The van der Waals surface area contributed by atoms with Crippen molar-refractivity contribution in [3.05, 3.63) is 53.1 Å². The van der Waals surface area contributed by atoms with E-state index in [9.17, 15) is 0 Å². The lowest BCUT2D eigenvalue weighted by molar-refractivity contribution is 0.590. The number of imidazole rings is 1. The summed E-state index contributed by atoms with van der Waals surface area (Å²) in [4.78, 5) is 4.53. The van der Waals surface area contributed by atoms with E-state index in [1.165, 1.54) is 11.1 Å². The van der Waals surface area contributed by atoms with Gasteiger partial charge in [0.05, 0.1) is 5.69 Å². The predicted octanol–water partition coefficient (Wildman–Crippen LogP) is 2.77. The molecule has 0 aliphatic carbocycles. The van der Waals surface area contributed by atoms with Crippen molar-refractivity contribution in [3.8, 4) is 0 Å². The molecule has 1 heterocycles. The van der Waals surface area contributed by atoms with Crippen molar-refractivity contribution >= 4 is 0 Å². The van der Waals surface area contributed by atoms with E-state index >= 15 is 0 Å². The van der Waals surface area contributed by atoms with Gasteiger partial charge in [-0.25, -0.2) is 4.98 Å². The second-order valence-corrected chi connectivity index (χ2v) is 6.09. The summed E-state index contributed by atoms with van der Waals surface area (Å²) in [7, 11) is 2.02. The lowest BCUT2D eigenvalue weighted by Crippen LogP contribution is -2.10. The van der Waals surface area contributed by atoms with Gasteiger partial charge in [-0.15, -0.1) is 0 Å². The molecular formula is C16H23N3. The van der Waals surface area contributed by atoms with Gasteiger partial charge in [0, 0.05) is 26.2 Å². The Labute approximate surface area is 115 Å². The highest BCUT2D eigenvalue weighted by molar-refractivity contribution is 5.29. The fourth-order valence-electron chi connectivity index (χ4n) is 2.14. The van der Waals surface area contributed by atoms with E-state index in [-0.39, 0.29) is 5.41 Å². The van der Waals surface area contributed by atoms with Gasteiger partial charge in [0.25, 0.3) is 0 Å². The van der Waals surface area contributed by atoms with Gasteiger partial charge in [0.2, 0.25) is 0 Å². The van der Waals surface area contributed by atoms with E-state index in [1.807, 2.05) is 13.2 Å². The zero-order chi connectivity index (χ0) is 14.0. The molecule has 0 aliphatic rings. The van der Waals surface area contributed by atoms with E-state index in [0.717, 1.165) is 17.9 Å². The zero-order valence-electron chi connectivity index (χ0n) is 12.3. The molecule has 1 aromatic carbocycles. The number of aromatic nitrogens is 2. The quantitative estimate of drug-likeness (QED) is 0.919. The van der Waals surface area contributed by atoms with Crippen molar-refractivity contribution in [3.63, 3.8) is 0 Å². The van der Waals surface area contributed by atoms with Crippen LogP contribution < -0.4 is 5.73 Å². The van der Waals surface area contributed by atoms with Gasteiger partial charge in [-0.2, -0.15) is 0 Å². The van der Waals surface area contributed by atoms with Crippen molar-refractivity contribution in [2.45, 2.75) is 39.2 Å². The maximum absolute atomic E-state index is 5.62. The van der Waals surface area contributed by atoms with Gasteiger partial charge in [-0.3, -0.25) is 0 Å². The van der Waals surface area contributed by atoms with Crippen LogP contribution in [0.25, 0.3) is 0 Å². The molecule has 2 aromatic rings. The third-order valence-corrected chi connectivity index (χ3v) is 3.41. The van der Waals surface area contributed by atoms with Crippen molar-refractivity contribution < 1.29 is 0 Å². The second kappa shape index (κ2) is 5.17. The summed E-state index contributed by atoms with van der Waals surface area (Å²) in [5.41, 5.74) is 9.41. The molecule has 0 saturated heterocycles. The molecule has 1 aromatic heterocycles. The summed E-state index contributed by atoms with van der Waals surface area (Å²) in [6.45, 7) is 7.19. The molecule has 0 saturated carbocycles. The predicted molar refractivity (Wildman–Crippen MR) is 79.0 cm³/mol. The van der Waals surface area contributed by atoms with Crippen LogP contribution in [0, 0.1) is 0 Å². The van der Waals surface area contributed by atoms with Crippen LogP contribution in [-0.2, 0) is 25.4 Å². The lowest BCUT2D eigenvalue weighted by atomic mass is 9.86. The molecule has 0 aliphatic heterocycles. The van der Waals surface area contributed by atoms with E-state index in [1.54, 1.807) is 0 Å². The first-order valence-corrected chi connectivity index (χ1v) is 6.71. The van der Waals surface area contributed by atoms with Crippen LogP contribution in [0.15, 0.2) is 30.5 Å². The fraction of sp³-hybridized carbons (Fsp3) is 0.438. The number of aryl methyl sites for hydroxylation is 1. The van der Waals surface area contributed by atoms with Gasteiger partial charge in [0.15, 0.2) is 0 Å². The minimum atomic E-state index is 0.203. The molecule has 0 bridgehead atoms. The van der Waals surface area contributed by atoms with Crippen LogP contribution >= 0.6 is 0 Å². The first-order valence-electron chi connectivity index (χ1n) is 6.71. The van der Waals surface area contributed by atoms with Crippen molar-refractivity contribution in [2.75, 3.05) is 0 Å². The van der Waals surface area contributed by atoms with Crippen LogP contribution in [-0.4, -0.2) is 9.55 Å². The standard InChI is InChI=1S/C16H23N3/c1-16(2,3)13-7-5-12(6-8-13)9-15-18-14(10-17)11-19(15)4/h5-8,11H,9-10,17H2,1-4H3. The van der Waals surface area contributed by atoms with Crippen molar-refractivity contribution in [1.82, 2.24) is 9.55 Å². The molecular weight excluding hydrogens is 234 g/mol. The van der Waals surface area contributed by atoms with E-state index in [2.05, 4.69) is 54.6 Å². The van der Waals surface area contributed by atoms with Crippen molar-refractivity contribution in [1.29, 1.82) is 0 Å². The Balaban J connectivity index is 2.17. The van der Waals surface area contributed by atoms with Gasteiger partial charge in [-0.1, -0.05) is 45.0 Å². The molecule has 0 atom stereocenters. The smallest absolute Gasteiger partial charge is 0.113 e. The molecule has 0 spiro atoms. The number of rotatable bonds is 3. The van der Waals surface area contributed by atoms with Gasteiger partial charge in [-0.05, 0) is 16.5 Å². The molecule has 0 fully saturated rings. The van der Waals surface area contributed by atoms with Crippen LogP contribution in [0.3, 0.4) is 0 Å². The molecule has 3 heteroatoms. The normalized spacial score (nSPS) is 11.8. The number of nitrogens with two attached hydrogens (primary N) is 1. The van der Waals surface area contributed by atoms with Crippen LogP contribution in [0.4, 0.5) is 0 Å². The van der Waals surface area contributed by atoms with Gasteiger partial charge < -0.3 is 10.3 Å². The zero-order valence-corrected chi connectivity index (χ0v) is 12.3. The maximum atomic E-state index is 5.62. The molecule has 19 heavy (non-hydrogen) atoms. The van der Waals surface area contributed by atoms with E-state index < -0.39 is 0 Å². The Morgan fingerprint density at radius 1 is 1.16 bits per heavy atom. The second-order valence-electron chi connectivity index (χ2n) is 6.09. The van der Waals surface area contributed by atoms with Crippen LogP contribution in [0.2, 0.25) is 0 Å². The fourth-order valence-corrected chi connectivity index (χ4v) is 2.14. The number of hydrogen-bond acceptors (Lipinski definition) is 2. The lowest BCUT2D eigenvalue weighted by Gasteiger charge is -2.19. The summed E-state index contributed by atoms with van der Waals surface area (Å²) in [5, 5.41) is 0. The van der Waals surface area contributed by atoms with Gasteiger partial charge in [0.1, 0.15) is 5.82 Å². The summed E-state index contributed by atoms with van der Waals surface area (Å²) in [6.07, 6.45) is 2.85. The summed E-state index contributed by atoms with van der Waals surface area (Å²) < 4.78 is 2.06. The Kier molecular flexibility index (Phi) is 3.76. The summed E-state index contributed by atoms with van der Waals surface area (Å²) >= 11 is 0. The first kappa shape index (κ1) is 13.8. The number of hydrogen-bond donors (Lipinski definition) is 1. The van der Waals surface area contributed by atoms with E-state index in [0.29, 0.717) is 6.54 Å². The highest BCUT2D eigenvalue weighted by Crippen LogP contribution is 2.22. The Morgan fingerprint density at radius 2 is 1.79 bits per heavy atom. The summed E-state index contributed by atoms with van der Waals surface area (Å²) in [5.74, 6) is 1.06. The molecule has 102 valence electrons. The molecule has 0 amide bonds. The van der Waals surface area contributed by atoms with Crippen molar-refractivity contribution in [2.24, 2.45) is 12.8 Å².